The number of aromatic nitrogens is 2. The number of nitrogens with one attached hydrogen (secondary N) is 1. The maximum atomic E-state index is 12.2. The van der Waals surface area contributed by atoms with Crippen molar-refractivity contribution in [2.24, 2.45) is 0 Å². The normalized spacial score (nSPS) is 11.0. The van der Waals surface area contributed by atoms with Crippen LogP contribution in [0.3, 0.4) is 0 Å². The lowest BCUT2D eigenvalue weighted by atomic mass is 10.1. The molecule has 106 valence electrons. The Hall–Kier alpha value is -2.34. The number of hydrogen-bond acceptors (Lipinski definition) is 2. The summed E-state index contributed by atoms with van der Waals surface area (Å²) in [6.07, 6.45) is 0. The number of aryl methyl sites for hydroxylation is 1. The van der Waals surface area contributed by atoms with E-state index in [9.17, 15) is 9.59 Å². The minimum Gasteiger partial charge on any atom is -0.478 e. The highest BCUT2D eigenvalue weighted by molar-refractivity contribution is 9.10. The molecule has 0 saturated heterocycles. The number of carbonyl (C=O) groups is 1. The number of aromatic carboxylic acids is 1. The van der Waals surface area contributed by atoms with E-state index in [4.69, 9.17) is 5.11 Å². The molecule has 0 bridgehead atoms. The first-order valence-electron chi connectivity index (χ1n) is 6.22. The number of aromatic amines is 1. The van der Waals surface area contributed by atoms with Crippen LogP contribution in [-0.2, 0) is 0 Å². The number of rotatable bonds is 2. The largest absolute Gasteiger partial charge is 0.478 e. The molecule has 2 aromatic carbocycles. The van der Waals surface area contributed by atoms with Crippen molar-refractivity contribution < 1.29 is 9.90 Å². The van der Waals surface area contributed by atoms with Gasteiger partial charge in [-0.3, -0.25) is 4.57 Å². The van der Waals surface area contributed by atoms with Gasteiger partial charge in [0.2, 0.25) is 0 Å². The van der Waals surface area contributed by atoms with Gasteiger partial charge in [0.05, 0.1) is 22.3 Å². The molecular weight excluding hydrogens is 336 g/mol. The average Bonchev–Trinajstić information content (AvgIpc) is 2.76. The summed E-state index contributed by atoms with van der Waals surface area (Å²) in [5.41, 5.74) is 2.69. The Kier molecular flexibility index (Phi) is 3.17. The van der Waals surface area contributed by atoms with E-state index in [1.165, 1.54) is 12.1 Å². The molecule has 0 amide bonds. The average molecular weight is 347 g/mol. The number of hydrogen-bond donors (Lipinski definition) is 2. The van der Waals surface area contributed by atoms with Crippen LogP contribution >= 0.6 is 15.9 Å². The van der Waals surface area contributed by atoms with Crippen LogP contribution in [0.15, 0.2) is 45.7 Å². The predicted molar refractivity (Wildman–Crippen MR) is 83.3 cm³/mol. The highest BCUT2D eigenvalue weighted by Crippen LogP contribution is 2.23. The van der Waals surface area contributed by atoms with Crippen LogP contribution in [-0.4, -0.2) is 20.6 Å². The zero-order chi connectivity index (χ0) is 15.1. The van der Waals surface area contributed by atoms with Crippen molar-refractivity contribution in [1.82, 2.24) is 9.55 Å². The summed E-state index contributed by atoms with van der Waals surface area (Å²) in [5, 5.41) is 9.01. The third-order valence-corrected chi connectivity index (χ3v) is 3.83. The lowest BCUT2D eigenvalue weighted by Crippen LogP contribution is -2.15. The summed E-state index contributed by atoms with van der Waals surface area (Å²) in [7, 11) is 0. The Balaban J connectivity index is 2.33. The lowest BCUT2D eigenvalue weighted by molar-refractivity contribution is 0.0697. The van der Waals surface area contributed by atoms with Gasteiger partial charge in [0, 0.05) is 4.47 Å². The lowest BCUT2D eigenvalue weighted by Gasteiger charge is -2.08. The molecule has 0 atom stereocenters. The van der Waals surface area contributed by atoms with Gasteiger partial charge in [0.15, 0.2) is 0 Å². The second-order valence-electron chi connectivity index (χ2n) is 4.73. The Morgan fingerprint density at radius 2 is 2.00 bits per heavy atom. The molecule has 0 spiro atoms. The third kappa shape index (κ3) is 2.27. The fourth-order valence-electron chi connectivity index (χ4n) is 2.31. The number of fused-ring (bicyclic) bond motifs is 1. The van der Waals surface area contributed by atoms with E-state index in [1.54, 1.807) is 10.6 Å². The van der Waals surface area contributed by atoms with Crippen LogP contribution < -0.4 is 5.69 Å². The number of benzene rings is 2. The maximum Gasteiger partial charge on any atom is 0.335 e. The standard InChI is InChI=1S/C15H11BrN2O3/c1-8-2-4-10(16)7-13(8)18-12-5-3-9(14(19)20)6-11(12)17-15(18)21/h2-7H,1H3,(H,17,21)(H,19,20). The van der Waals surface area contributed by atoms with Crippen molar-refractivity contribution in [2.45, 2.75) is 6.92 Å². The monoisotopic (exact) mass is 346 g/mol. The fourth-order valence-corrected chi connectivity index (χ4v) is 2.66. The molecule has 0 unspecified atom stereocenters. The van der Waals surface area contributed by atoms with Crippen LogP contribution in [0.25, 0.3) is 16.7 Å². The van der Waals surface area contributed by atoms with Gasteiger partial charge in [-0.15, -0.1) is 0 Å². The Labute approximate surface area is 128 Å². The molecule has 21 heavy (non-hydrogen) atoms. The van der Waals surface area contributed by atoms with Crippen molar-refractivity contribution >= 4 is 32.9 Å². The molecule has 6 heteroatoms. The van der Waals surface area contributed by atoms with Gasteiger partial charge in [-0.05, 0) is 42.8 Å². The highest BCUT2D eigenvalue weighted by atomic mass is 79.9. The summed E-state index contributed by atoms with van der Waals surface area (Å²) in [5.74, 6) is -1.02. The van der Waals surface area contributed by atoms with Crippen LogP contribution in [0.1, 0.15) is 15.9 Å². The zero-order valence-corrected chi connectivity index (χ0v) is 12.6. The number of imidazole rings is 1. The van der Waals surface area contributed by atoms with Crippen molar-refractivity contribution in [3.63, 3.8) is 0 Å². The highest BCUT2D eigenvalue weighted by Gasteiger charge is 2.13. The molecule has 5 nitrogen and oxygen atoms in total. The summed E-state index contributed by atoms with van der Waals surface area (Å²) >= 11 is 3.40. The van der Waals surface area contributed by atoms with Gasteiger partial charge in [-0.1, -0.05) is 22.0 Å². The second kappa shape index (κ2) is 4.89. The van der Waals surface area contributed by atoms with Crippen molar-refractivity contribution in [2.75, 3.05) is 0 Å². The van der Waals surface area contributed by atoms with Crippen LogP contribution in [0.2, 0.25) is 0 Å². The Bertz CT molecular complexity index is 924. The van der Waals surface area contributed by atoms with Crippen LogP contribution in [0, 0.1) is 6.92 Å². The molecular formula is C15H11BrN2O3. The fraction of sp³-hybridized carbons (Fsp3) is 0.0667. The number of carboxylic acids is 1. The van der Waals surface area contributed by atoms with E-state index in [-0.39, 0.29) is 11.3 Å². The van der Waals surface area contributed by atoms with Crippen molar-refractivity contribution in [3.05, 3.63) is 62.5 Å². The summed E-state index contributed by atoms with van der Waals surface area (Å²) in [4.78, 5) is 25.9. The van der Waals surface area contributed by atoms with Gasteiger partial charge in [0.1, 0.15) is 0 Å². The molecule has 0 aliphatic rings. The quantitative estimate of drug-likeness (QED) is 0.748. The Morgan fingerprint density at radius 1 is 1.24 bits per heavy atom. The Morgan fingerprint density at radius 3 is 2.71 bits per heavy atom. The summed E-state index contributed by atoms with van der Waals surface area (Å²) in [6.45, 7) is 1.92. The van der Waals surface area contributed by atoms with E-state index < -0.39 is 5.97 Å². The van der Waals surface area contributed by atoms with Crippen molar-refractivity contribution in [3.8, 4) is 5.69 Å². The molecule has 0 saturated carbocycles. The van der Waals surface area contributed by atoms with Crippen molar-refractivity contribution in [1.29, 1.82) is 0 Å². The van der Waals surface area contributed by atoms with Gasteiger partial charge in [0.25, 0.3) is 0 Å². The smallest absolute Gasteiger partial charge is 0.335 e. The molecule has 0 aliphatic carbocycles. The molecule has 2 N–H and O–H groups in total. The first-order valence-corrected chi connectivity index (χ1v) is 7.01. The molecule has 0 radical (unpaired) electrons. The van der Waals surface area contributed by atoms with Crippen LogP contribution in [0.4, 0.5) is 0 Å². The predicted octanol–water partition coefficient (Wildman–Crippen LogP) is 3.09. The van der Waals surface area contributed by atoms with Crippen LogP contribution in [0.5, 0.6) is 0 Å². The minimum atomic E-state index is -1.02. The molecule has 1 heterocycles. The van der Waals surface area contributed by atoms with Gasteiger partial charge >= 0.3 is 11.7 Å². The van der Waals surface area contributed by atoms with Gasteiger partial charge in [-0.2, -0.15) is 0 Å². The van der Waals surface area contributed by atoms with E-state index in [1.807, 2.05) is 25.1 Å². The minimum absolute atomic E-state index is 0.141. The van der Waals surface area contributed by atoms with Gasteiger partial charge in [-0.25, -0.2) is 9.59 Å². The number of H-pyrrole nitrogens is 1. The molecule has 3 rings (SSSR count). The number of carboxylic acid groups (broad SMARTS) is 1. The molecule has 1 aromatic heterocycles. The van der Waals surface area contributed by atoms with E-state index >= 15 is 0 Å². The SMILES string of the molecule is Cc1ccc(Br)cc1-n1c(=O)[nH]c2cc(C(=O)O)ccc21. The summed E-state index contributed by atoms with van der Waals surface area (Å²) in [6, 6.07) is 10.3. The van der Waals surface area contributed by atoms with Gasteiger partial charge < -0.3 is 10.1 Å². The zero-order valence-electron chi connectivity index (χ0n) is 11.1. The molecule has 0 fully saturated rings. The maximum absolute atomic E-state index is 12.2. The topological polar surface area (TPSA) is 75.1 Å². The van der Waals surface area contributed by atoms with E-state index in [2.05, 4.69) is 20.9 Å². The second-order valence-corrected chi connectivity index (χ2v) is 5.65. The number of halogens is 1. The summed E-state index contributed by atoms with van der Waals surface area (Å²) < 4.78 is 2.41. The first kappa shape index (κ1) is 13.6. The first-order chi connectivity index (χ1) is 9.97. The third-order valence-electron chi connectivity index (χ3n) is 3.34. The molecule has 0 aliphatic heterocycles. The number of nitrogens with zero attached hydrogens (tertiary/aromatic N) is 1. The molecule has 3 aromatic rings. The van der Waals surface area contributed by atoms with E-state index in [0.29, 0.717) is 11.0 Å². The van der Waals surface area contributed by atoms with E-state index in [0.717, 1.165) is 15.7 Å².